The molecule has 0 spiro atoms. The topological polar surface area (TPSA) is 38.3 Å². The van der Waals surface area contributed by atoms with E-state index >= 15 is 0 Å². The molecule has 0 aliphatic carbocycles. The van der Waals surface area contributed by atoms with E-state index in [0.29, 0.717) is 13.0 Å². The standard InChI is InChI=1S/C14H21NO2/c1-5-14(16)15-7-6-12-11(3)8-10(2)9-13(12)17-4/h8-9H,5-7H2,1-4H3,(H,15,16). The molecule has 94 valence electrons. The number of amides is 1. The molecule has 0 fully saturated rings. The van der Waals surface area contributed by atoms with Crippen molar-refractivity contribution >= 4 is 5.91 Å². The zero-order valence-corrected chi connectivity index (χ0v) is 11.1. The van der Waals surface area contributed by atoms with Gasteiger partial charge in [-0.2, -0.15) is 0 Å². The van der Waals surface area contributed by atoms with Crippen LogP contribution >= 0.6 is 0 Å². The fraction of sp³-hybridized carbons (Fsp3) is 0.500. The molecule has 17 heavy (non-hydrogen) atoms. The molecule has 1 N–H and O–H groups in total. The van der Waals surface area contributed by atoms with Crippen LogP contribution in [0.2, 0.25) is 0 Å². The first-order chi connectivity index (χ1) is 8.08. The van der Waals surface area contributed by atoms with Crippen LogP contribution in [0.15, 0.2) is 12.1 Å². The maximum atomic E-state index is 11.2. The van der Waals surface area contributed by atoms with Crippen molar-refractivity contribution in [3.8, 4) is 5.75 Å². The molecule has 1 rings (SSSR count). The third-order valence-electron chi connectivity index (χ3n) is 2.81. The number of nitrogens with one attached hydrogen (secondary N) is 1. The van der Waals surface area contributed by atoms with Crippen LogP contribution in [0.1, 0.15) is 30.0 Å². The smallest absolute Gasteiger partial charge is 0.219 e. The lowest BCUT2D eigenvalue weighted by Gasteiger charge is -2.13. The Hall–Kier alpha value is -1.51. The maximum Gasteiger partial charge on any atom is 0.219 e. The minimum Gasteiger partial charge on any atom is -0.496 e. The largest absolute Gasteiger partial charge is 0.496 e. The molecule has 0 bridgehead atoms. The van der Waals surface area contributed by atoms with Gasteiger partial charge in [-0.15, -0.1) is 0 Å². The van der Waals surface area contributed by atoms with Crippen LogP contribution in [0.3, 0.4) is 0 Å². The fourth-order valence-corrected chi connectivity index (χ4v) is 1.91. The summed E-state index contributed by atoms with van der Waals surface area (Å²) in [5, 5.41) is 2.88. The van der Waals surface area contributed by atoms with Gasteiger partial charge in [0.1, 0.15) is 5.75 Å². The molecule has 1 aromatic rings. The van der Waals surface area contributed by atoms with Gasteiger partial charge in [-0.3, -0.25) is 4.79 Å². The van der Waals surface area contributed by atoms with E-state index in [1.54, 1.807) is 7.11 Å². The van der Waals surface area contributed by atoms with Gasteiger partial charge >= 0.3 is 0 Å². The average molecular weight is 235 g/mol. The van der Waals surface area contributed by atoms with E-state index in [2.05, 4.69) is 25.2 Å². The van der Waals surface area contributed by atoms with Crippen LogP contribution in [0.4, 0.5) is 0 Å². The van der Waals surface area contributed by atoms with E-state index in [-0.39, 0.29) is 5.91 Å². The second-order valence-corrected chi connectivity index (χ2v) is 4.22. The van der Waals surface area contributed by atoms with E-state index in [1.165, 1.54) is 16.7 Å². The Kier molecular flexibility index (Phi) is 5.01. The summed E-state index contributed by atoms with van der Waals surface area (Å²) in [6.45, 7) is 6.64. The molecule has 0 aliphatic heterocycles. The maximum absolute atomic E-state index is 11.2. The summed E-state index contributed by atoms with van der Waals surface area (Å²) in [4.78, 5) is 11.2. The van der Waals surface area contributed by atoms with E-state index in [4.69, 9.17) is 4.74 Å². The Morgan fingerprint density at radius 3 is 2.65 bits per heavy atom. The molecule has 1 amide bonds. The lowest BCUT2D eigenvalue weighted by Crippen LogP contribution is -2.24. The Labute approximate surface area is 103 Å². The molecular formula is C14H21NO2. The highest BCUT2D eigenvalue weighted by Gasteiger charge is 2.07. The van der Waals surface area contributed by atoms with Gasteiger partial charge in [0.2, 0.25) is 5.91 Å². The van der Waals surface area contributed by atoms with Crippen molar-refractivity contribution in [2.24, 2.45) is 0 Å². The van der Waals surface area contributed by atoms with Crippen molar-refractivity contribution in [1.82, 2.24) is 5.32 Å². The molecule has 3 nitrogen and oxygen atoms in total. The number of carbonyl (C=O) groups is 1. The molecule has 0 saturated heterocycles. The molecule has 0 saturated carbocycles. The average Bonchev–Trinajstić information content (AvgIpc) is 2.30. The van der Waals surface area contributed by atoms with Gasteiger partial charge in [-0.25, -0.2) is 0 Å². The number of methoxy groups -OCH3 is 1. The Bertz CT molecular complexity index is 399. The van der Waals surface area contributed by atoms with Crippen LogP contribution in [0.25, 0.3) is 0 Å². The van der Waals surface area contributed by atoms with Crippen LogP contribution < -0.4 is 10.1 Å². The summed E-state index contributed by atoms with van der Waals surface area (Å²) in [6, 6.07) is 4.17. The van der Waals surface area contributed by atoms with Crippen LogP contribution in [-0.4, -0.2) is 19.6 Å². The summed E-state index contributed by atoms with van der Waals surface area (Å²) >= 11 is 0. The molecule has 0 atom stereocenters. The van der Waals surface area contributed by atoms with Gasteiger partial charge in [0.15, 0.2) is 0 Å². The summed E-state index contributed by atoms with van der Waals surface area (Å²) in [5.74, 6) is 1.00. The number of benzene rings is 1. The first-order valence-corrected chi connectivity index (χ1v) is 5.99. The molecule has 0 unspecified atom stereocenters. The second kappa shape index (κ2) is 6.28. The number of hydrogen-bond acceptors (Lipinski definition) is 2. The first-order valence-electron chi connectivity index (χ1n) is 5.99. The summed E-state index contributed by atoms with van der Waals surface area (Å²) in [7, 11) is 1.68. The molecule has 0 aliphatic rings. The molecular weight excluding hydrogens is 214 g/mol. The number of rotatable bonds is 5. The lowest BCUT2D eigenvalue weighted by atomic mass is 10.0. The zero-order valence-electron chi connectivity index (χ0n) is 11.1. The Morgan fingerprint density at radius 2 is 2.06 bits per heavy atom. The highest BCUT2D eigenvalue weighted by molar-refractivity contribution is 5.75. The van der Waals surface area contributed by atoms with Gasteiger partial charge in [-0.1, -0.05) is 13.0 Å². The van der Waals surface area contributed by atoms with Gasteiger partial charge in [0.05, 0.1) is 7.11 Å². The predicted octanol–water partition coefficient (Wildman–Crippen LogP) is 2.38. The molecule has 0 radical (unpaired) electrons. The monoisotopic (exact) mass is 235 g/mol. The first kappa shape index (κ1) is 13.6. The SMILES string of the molecule is CCC(=O)NCCc1c(C)cc(C)cc1OC. The van der Waals surface area contributed by atoms with Gasteiger partial charge in [0, 0.05) is 13.0 Å². The molecule has 1 aromatic carbocycles. The molecule has 0 aromatic heterocycles. The number of carbonyl (C=O) groups excluding carboxylic acids is 1. The Balaban J connectivity index is 2.73. The second-order valence-electron chi connectivity index (χ2n) is 4.22. The van der Waals surface area contributed by atoms with Crippen molar-refractivity contribution in [2.75, 3.05) is 13.7 Å². The zero-order chi connectivity index (χ0) is 12.8. The summed E-state index contributed by atoms with van der Waals surface area (Å²) in [5.41, 5.74) is 3.59. The van der Waals surface area contributed by atoms with Crippen LogP contribution in [0.5, 0.6) is 5.75 Å². The normalized spacial score (nSPS) is 10.1. The van der Waals surface area contributed by atoms with E-state index in [0.717, 1.165) is 12.2 Å². The minimum absolute atomic E-state index is 0.0914. The van der Waals surface area contributed by atoms with Crippen molar-refractivity contribution in [3.05, 3.63) is 28.8 Å². The highest BCUT2D eigenvalue weighted by atomic mass is 16.5. The fourth-order valence-electron chi connectivity index (χ4n) is 1.91. The van der Waals surface area contributed by atoms with Crippen LogP contribution in [0, 0.1) is 13.8 Å². The van der Waals surface area contributed by atoms with Gasteiger partial charge < -0.3 is 10.1 Å². The minimum atomic E-state index is 0.0914. The van der Waals surface area contributed by atoms with E-state index in [9.17, 15) is 4.79 Å². The van der Waals surface area contributed by atoms with Gasteiger partial charge in [-0.05, 0) is 43.0 Å². The van der Waals surface area contributed by atoms with E-state index < -0.39 is 0 Å². The van der Waals surface area contributed by atoms with Crippen molar-refractivity contribution in [3.63, 3.8) is 0 Å². The predicted molar refractivity (Wildman–Crippen MR) is 69.5 cm³/mol. The molecule has 0 heterocycles. The van der Waals surface area contributed by atoms with E-state index in [1.807, 2.05) is 13.0 Å². The quantitative estimate of drug-likeness (QED) is 0.851. The third kappa shape index (κ3) is 3.77. The third-order valence-corrected chi connectivity index (χ3v) is 2.81. The van der Waals surface area contributed by atoms with Crippen LogP contribution in [-0.2, 0) is 11.2 Å². The molecule has 3 heteroatoms. The number of hydrogen-bond donors (Lipinski definition) is 1. The lowest BCUT2D eigenvalue weighted by molar-refractivity contribution is -0.120. The number of ether oxygens (including phenoxy) is 1. The van der Waals surface area contributed by atoms with Crippen molar-refractivity contribution in [2.45, 2.75) is 33.6 Å². The van der Waals surface area contributed by atoms with Gasteiger partial charge in [0.25, 0.3) is 0 Å². The summed E-state index contributed by atoms with van der Waals surface area (Å²) < 4.78 is 5.38. The van der Waals surface area contributed by atoms with Crippen molar-refractivity contribution < 1.29 is 9.53 Å². The number of aryl methyl sites for hydroxylation is 2. The summed E-state index contributed by atoms with van der Waals surface area (Å²) in [6.07, 6.45) is 1.34. The highest BCUT2D eigenvalue weighted by Crippen LogP contribution is 2.24. The van der Waals surface area contributed by atoms with Crippen molar-refractivity contribution in [1.29, 1.82) is 0 Å². The Morgan fingerprint density at radius 1 is 1.35 bits per heavy atom.